The number of benzene rings is 1. The van der Waals surface area contributed by atoms with Crippen LogP contribution in [0.4, 0.5) is 14.5 Å². The molecule has 0 heterocycles. The summed E-state index contributed by atoms with van der Waals surface area (Å²) in [5, 5.41) is -2.91. The summed E-state index contributed by atoms with van der Waals surface area (Å²) >= 11 is 10.4. The van der Waals surface area contributed by atoms with Crippen LogP contribution in [0.2, 0.25) is 5.02 Å². The summed E-state index contributed by atoms with van der Waals surface area (Å²) in [6.07, 6.45) is -0.610. The number of nitrogens with two attached hydrogens (primary N) is 1. The first-order valence-electron chi connectivity index (χ1n) is 3.49. The Balaban J connectivity index is 2.94. The molecule has 5 heteroatoms. The summed E-state index contributed by atoms with van der Waals surface area (Å²) < 4.78 is 24.8. The Kier molecular flexibility index (Phi) is 2.98. The molecule has 0 aromatic heterocycles. The summed E-state index contributed by atoms with van der Waals surface area (Å²) in [4.78, 5) is 0. The molecule has 0 aliphatic carbocycles. The van der Waals surface area contributed by atoms with Crippen LogP contribution in [0.15, 0.2) is 18.2 Å². The molecular weight excluding hydrogens is 219 g/mol. The first kappa shape index (κ1) is 10.5. The quantitative estimate of drug-likeness (QED) is 0.607. The molecular formula is C8H7Cl2F2N. The zero-order valence-corrected chi connectivity index (χ0v) is 8.04. The fourth-order valence-electron chi connectivity index (χ4n) is 0.943. The van der Waals surface area contributed by atoms with Crippen molar-refractivity contribution in [2.24, 2.45) is 0 Å². The van der Waals surface area contributed by atoms with Crippen LogP contribution in [-0.4, -0.2) is 5.38 Å². The molecule has 1 rings (SSSR count). The number of hydrogen-bond acceptors (Lipinski definition) is 1. The lowest BCUT2D eigenvalue weighted by Crippen LogP contribution is -2.11. The van der Waals surface area contributed by atoms with Crippen molar-refractivity contribution < 1.29 is 8.78 Å². The van der Waals surface area contributed by atoms with E-state index in [-0.39, 0.29) is 11.3 Å². The lowest BCUT2D eigenvalue weighted by molar-refractivity contribution is 0.0971. The van der Waals surface area contributed by atoms with E-state index in [1.807, 2.05) is 0 Å². The molecule has 0 atom stereocenters. The number of alkyl halides is 3. The number of rotatable bonds is 2. The van der Waals surface area contributed by atoms with Crippen molar-refractivity contribution in [2.75, 3.05) is 5.73 Å². The van der Waals surface area contributed by atoms with Gasteiger partial charge in [-0.05, 0) is 35.4 Å². The van der Waals surface area contributed by atoms with Gasteiger partial charge in [-0.25, -0.2) is 0 Å². The minimum absolute atomic E-state index is 0.257. The molecule has 0 aliphatic rings. The molecule has 0 aliphatic heterocycles. The van der Waals surface area contributed by atoms with Crippen LogP contribution < -0.4 is 5.73 Å². The highest BCUT2D eigenvalue weighted by molar-refractivity contribution is 6.30. The van der Waals surface area contributed by atoms with Crippen LogP contribution in [0.3, 0.4) is 0 Å². The van der Waals surface area contributed by atoms with E-state index in [0.717, 1.165) is 0 Å². The first-order valence-corrected chi connectivity index (χ1v) is 4.25. The van der Waals surface area contributed by atoms with E-state index in [9.17, 15) is 8.78 Å². The lowest BCUT2D eigenvalue weighted by Gasteiger charge is -2.10. The van der Waals surface area contributed by atoms with Crippen LogP contribution in [0.5, 0.6) is 0 Å². The maximum absolute atomic E-state index is 12.4. The predicted molar refractivity (Wildman–Crippen MR) is 50.4 cm³/mol. The lowest BCUT2D eigenvalue weighted by atomic mass is 10.1. The largest absolute Gasteiger partial charge is 0.399 e. The molecule has 0 saturated carbocycles. The Morgan fingerprint density at radius 1 is 1.38 bits per heavy atom. The van der Waals surface area contributed by atoms with Gasteiger partial charge in [0.1, 0.15) is 0 Å². The molecule has 72 valence electrons. The van der Waals surface area contributed by atoms with E-state index in [0.29, 0.717) is 5.02 Å². The van der Waals surface area contributed by atoms with Crippen molar-refractivity contribution in [2.45, 2.75) is 11.8 Å². The number of nitrogen functional groups attached to an aromatic ring is 1. The third-order valence-electron chi connectivity index (χ3n) is 1.50. The Hall–Kier alpha value is -0.540. The normalized spacial score (nSPS) is 11.7. The summed E-state index contributed by atoms with van der Waals surface area (Å²) in [7, 11) is 0. The van der Waals surface area contributed by atoms with Crippen molar-refractivity contribution in [1.82, 2.24) is 0 Å². The third-order valence-corrected chi connectivity index (χ3v) is 1.86. The van der Waals surface area contributed by atoms with Gasteiger partial charge in [-0.3, -0.25) is 0 Å². The SMILES string of the molecule is Nc1ccc(Cl)cc1CC(F)(F)Cl. The highest BCUT2D eigenvalue weighted by atomic mass is 35.5. The van der Waals surface area contributed by atoms with Gasteiger partial charge in [0.25, 0.3) is 0 Å². The Morgan fingerprint density at radius 2 is 2.00 bits per heavy atom. The molecule has 0 unspecified atom stereocenters. The van der Waals surface area contributed by atoms with Gasteiger partial charge in [-0.1, -0.05) is 11.6 Å². The minimum Gasteiger partial charge on any atom is -0.399 e. The van der Waals surface area contributed by atoms with Crippen molar-refractivity contribution in [1.29, 1.82) is 0 Å². The molecule has 0 radical (unpaired) electrons. The zero-order chi connectivity index (χ0) is 10.1. The predicted octanol–water partition coefficient (Wildman–Crippen LogP) is 3.30. The topological polar surface area (TPSA) is 26.0 Å². The molecule has 0 bridgehead atoms. The second kappa shape index (κ2) is 3.68. The van der Waals surface area contributed by atoms with Gasteiger partial charge >= 0.3 is 5.38 Å². The number of halogens is 4. The van der Waals surface area contributed by atoms with Crippen LogP contribution in [0, 0.1) is 0 Å². The van der Waals surface area contributed by atoms with Crippen molar-refractivity contribution in [3.63, 3.8) is 0 Å². The van der Waals surface area contributed by atoms with E-state index < -0.39 is 11.8 Å². The Bertz CT molecular complexity index is 310. The maximum atomic E-state index is 12.4. The second-order valence-corrected chi connectivity index (χ2v) is 3.62. The van der Waals surface area contributed by atoms with Gasteiger partial charge < -0.3 is 5.73 Å². The van der Waals surface area contributed by atoms with Crippen LogP contribution in [0.1, 0.15) is 5.56 Å². The zero-order valence-electron chi connectivity index (χ0n) is 6.53. The summed E-state index contributed by atoms with van der Waals surface area (Å²) in [6.45, 7) is 0. The average molecular weight is 226 g/mol. The van der Waals surface area contributed by atoms with E-state index in [4.69, 9.17) is 28.9 Å². The minimum atomic E-state index is -3.28. The average Bonchev–Trinajstić information content (AvgIpc) is 1.94. The highest BCUT2D eigenvalue weighted by Gasteiger charge is 2.26. The molecule has 0 saturated heterocycles. The molecule has 0 fully saturated rings. The summed E-state index contributed by atoms with van der Waals surface area (Å²) in [5.74, 6) is 0. The standard InChI is InChI=1S/C8H7Cl2F2N/c9-6-1-2-7(13)5(3-6)4-8(10,11)12/h1-3H,4,13H2. The summed E-state index contributed by atoms with van der Waals surface area (Å²) in [5.41, 5.74) is 5.97. The molecule has 1 aromatic rings. The van der Waals surface area contributed by atoms with E-state index in [1.54, 1.807) is 0 Å². The smallest absolute Gasteiger partial charge is 0.325 e. The van der Waals surface area contributed by atoms with Gasteiger partial charge in [0.05, 0.1) is 6.42 Å². The van der Waals surface area contributed by atoms with Crippen LogP contribution in [-0.2, 0) is 6.42 Å². The molecule has 0 spiro atoms. The summed E-state index contributed by atoms with van der Waals surface area (Å²) in [6, 6.07) is 4.39. The van der Waals surface area contributed by atoms with Crippen molar-refractivity contribution >= 4 is 28.9 Å². The molecule has 0 amide bonds. The fraction of sp³-hybridized carbons (Fsp3) is 0.250. The molecule has 1 aromatic carbocycles. The first-order chi connectivity index (χ1) is 5.88. The third kappa shape index (κ3) is 3.36. The Morgan fingerprint density at radius 3 is 2.54 bits per heavy atom. The van der Waals surface area contributed by atoms with E-state index in [2.05, 4.69) is 0 Å². The van der Waals surface area contributed by atoms with Gasteiger partial charge in [0, 0.05) is 10.7 Å². The number of anilines is 1. The maximum Gasteiger partial charge on any atom is 0.325 e. The fourth-order valence-corrected chi connectivity index (χ4v) is 1.28. The van der Waals surface area contributed by atoms with Gasteiger partial charge in [-0.2, -0.15) is 8.78 Å². The molecule has 13 heavy (non-hydrogen) atoms. The highest BCUT2D eigenvalue weighted by Crippen LogP contribution is 2.28. The van der Waals surface area contributed by atoms with Gasteiger partial charge in [0.15, 0.2) is 0 Å². The number of hydrogen-bond donors (Lipinski definition) is 1. The van der Waals surface area contributed by atoms with Crippen molar-refractivity contribution in [3.05, 3.63) is 28.8 Å². The second-order valence-electron chi connectivity index (χ2n) is 2.64. The Labute approximate surface area is 84.4 Å². The van der Waals surface area contributed by atoms with E-state index >= 15 is 0 Å². The van der Waals surface area contributed by atoms with E-state index in [1.165, 1.54) is 18.2 Å². The van der Waals surface area contributed by atoms with Gasteiger partial charge in [-0.15, -0.1) is 0 Å². The van der Waals surface area contributed by atoms with Crippen LogP contribution >= 0.6 is 23.2 Å². The van der Waals surface area contributed by atoms with Gasteiger partial charge in [0.2, 0.25) is 0 Å². The van der Waals surface area contributed by atoms with Crippen molar-refractivity contribution in [3.8, 4) is 0 Å². The monoisotopic (exact) mass is 225 g/mol. The molecule has 1 nitrogen and oxygen atoms in total. The van der Waals surface area contributed by atoms with Crippen LogP contribution in [0.25, 0.3) is 0 Å². The molecule has 2 N–H and O–H groups in total.